The number of likely N-dealkylation sites (N-methyl/N-ethyl adjacent to an activating group) is 1. The number of halogens is 1. The molecule has 0 bridgehead atoms. The summed E-state index contributed by atoms with van der Waals surface area (Å²) in [6.45, 7) is 1.15. The summed E-state index contributed by atoms with van der Waals surface area (Å²) in [5, 5.41) is 11.4. The predicted octanol–water partition coefficient (Wildman–Crippen LogP) is 6.22. The molecule has 3 N–H and O–H groups in total. The summed E-state index contributed by atoms with van der Waals surface area (Å²) in [6.07, 6.45) is 12.0. The van der Waals surface area contributed by atoms with Crippen LogP contribution in [0.5, 0.6) is 5.75 Å². The second-order valence-electron chi connectivity index (χ2n) is 11.9. The summed E-state index contributed by atoms with van der Waals surface area (Å²) in [6, 6.07) is 10.3. The first-order valence-electron chi connectivity index (χ1n) is 15.5. The molecule has 11 nitrogen and oxygen atoms in total. The molecular formula is C34H34FN9O2. The minimum Gasteiger partial charge on any atom is -0.492 e. The van der Waals surface area contributed by atoms with Gasteiger partial charge in [-0.25, -0.2) is 14.4 Å². The van der Waals surface area contributed by atoms with Gasteiger partial charge in [0.15, 0.2) is 11.5 Å². The lowest BCUT2D eigenvalue weighted by molar-refractivity contribution is -0.120. The van der Waals surface area contributed by atoms with E-state index in [1.165, 1.54) is 18.6 Å². The summed E-state index contributed by atoms with van der Waals surface area (Å²) in [4.78, 5) is 36.4. The van der Waals surface area contributed by atoms with Crippen molar-refractivity contribution in [2.75, 3.05) is 32.6 Å². The zero-order chi connectivity index (χ0) is 31.6. The van der Waals surface area contributed by atoms with E-state index in [4.69, 9.17) is 9.72 Å². The van der Waals surface area contributed by atoms with Crippen molar-refractivity contribution in [2.24, 2.45) is 5.92 Å². The molecule has 7 rings (SSSR count). The van der Waals surface area contributed by atoms with Gasteiger partial charge in [0.05, 0.1) is 34.8 Å². The molecule has 12 heteroatoms. The molecule has 0 aliphatic heterocycles. The van der Waals surface area contributed by atoms with Crippen LogP contribution in [0.3, 0.4) is 0 Å². The lowest BCUT2D eigenvalue weighted by Gasteiger charge is -2.20. The Labute approximate surface area is 264 Å². The van der Waals surface area contributed by atoms with E-state index >= 15 is 0 Å². The quantitative estimate of drug-likeness (QED) is 0.173. The van der Waals surface area contributed by atoms with E-state index in [0.29, 0.717) is 58.5 Å². The van der Waals surface area contributed by atoms with Gasteiger partial charge < -0.3 is 19.9 Å². The van der Waals surface area contributed by atoms with Gasteiger partial charge >= 0.3 is 0 Å². The number of ether oxygens (including phenoxy) is 1. The zero-order valence-electron chi connectivity index (χ0n) is 25.7. The molecule has 1 fully saturated rings. The first kappa shape index (κ1) is 29.5. The number of hydrogen-bond acceptors (Lipinski definition) is 8. The number of aromatic nitrogens is 7. The number of pyridine rings is 3. The molecule has 0 atom stereocenters. The summed E-state index contributed by atoms with van der Waals surface area (Å²) in [5.74, 6) is 0.648. The van der Waals surface area contributed by atoms with Gasteiger partial charge in [0.2, 0.25) is 5.91 Å². The number of imidazole rings is 1. The minimum absolute atomic E-state index is 0.0448. The fourth-order valence-electron chi connectivity index (χ4n) is 5.92. The Morgan fingerprint density at radius 1 is 1.04 bits per heavy atom. The molecule has 0 spiro atoms. The third kappa shape index (κ3) is 6.16. The van der Waals surface area contributed by atoms with Gasteiger partial charge in [-0.15, -0.1) is 0 Å². The van der Waals surface area contributed by atoms with Crippen molar-refractivity contribution in [1.29, 1.82) is 0 Å². The number of H-pyrrole nitrogens is 2. The molecule has 6 aromatic rings. The van der Waals surface area contributed by atoms with Crippen molar-refractivity contribution >= 4 is 33.7 Å². The van der Waals surface area contributed by atoms with Crippen LogP contribution in [0.15, 0.2) is 61.2 Å². The Morgan fingerprint density at radius 3 is 2.76 bits per heavy atom. The van der Waals surface area contributed by atoms with E-state index in [0.717, 1.165) is 47.7 Å². The standard InChI is InChI=1S/C34H34FN9O2/c1-44(2)10-11-46-25-14-21(12-23(35)15-25)26-8-9-37-32-30(26)40-33(41-32)31-27-16-28(38-19-29(27)42-43-31)22-13-24(18-36-17-22)39-34(45)20-6-4-3-5-7-20/h8-9,12-20H,3-7,10-11H2,1-2H3,(H,39,45)(H,42,43)(H,37,40,41). The molecule has 46 heavy (non-hydrogen) atoms. The molecule has 1 aromatic carbocycles. The van der Waals surface area contributed by atoms with Crippen molar-refractivity contribution in [3.63, 3.8) is 0 Å². The highest BCUT2D eigenvalue weighted by atomic mass is 19.1. The SMILES string of the molecule is CN(C)CCOc1cc(F)cc(-c2ccnc3nc(-c4n[nH]c5cnc(-c6cncc(NC(=O)C7CCCCC7)c6)cc45)[nH]c23)c1. The number of anilines is 1. The molecule has 5 aromatic heterocycles. The van der Waals surface area contributed by atoms with Gasteiger partial charge in [0.1, 0.15) is 23.9 Å². The summed E-state index contributed by atoms with van der Waals surface area (Å²) >= 11 is 0. The maximum atomic E-state index is 14.7. The Morgan fingerprint density at radius 2 is 1.91 bits per heavy atom. The van der Waals surface area contributed by atoms with Crippen molar-refractivity contribution < 1.29 is 13.9 Å². The normalized spacial score (nSPS) is 13.9. The van der Waals surface area contributed by atoms with Crippen molar-refractivity contribution in [1.82, 2.24) is 40.0 Å². The largest absolute Gasteiger partial charge is 0.492 e. The van der Waals surface area contributed by atoms with Gasteiger partial charge in [-0.1, -0.05) is 19.3 Å². The lowest BCUT2D eigenvalue weighted by atomic mass is 9.88. The van der Waals surface area contributed by atoms with Crippen molar-refractivity contribution in [2.45, 2.75) is 32.1 Å². The Balaban J connectivity index is 1.19. The average Bonchev–Trinajstić information content (AvgIpc) is 3.69. The monoisotopic (exact) mass is 619 g/mol. The van der Waals surface area contributed by atoms with Gasteiger partial charge in [-0.05, 0) is 62.8 Å². The molecule has 1 aliphatic rings. The zero-order valence-corrected chi connectivity index (χ0v) is 25.7. The van der Waals surface area contributed by atoms with Crippen LogP contribution in [0.25, 0.3) is 56.0 Å². The summed E-state index contributed by atoms with van der Waals surface area (Å²) < 4.78 is 20.5. The van der Waals surface area contributed by atoms with E-state index in [-0.39, 0.29) is 11.8 Å². The van der Waals surface area contributed by atoms with Crippen molar-refractivity contribution in [3.05, 3.63) is 67.0 Å². The third-order valence-electron chi connectivity index (χ3n) is 8.33. The Bertz CT molecular complexity index is 2030. The molecule has 234 valence electrons. The number of carbonyl (C=O) groups is 1. The number of nitrogens with zero attached hydrogens (tertiary/aromatic N) is 6. The number of fused-ring (bicyclic) bond motifs is 2. The van der Waals surface area contributed by atoms with Gasteiger partial charge in [-0.3, -0.25) is 19.9 Å². The maximum absolute atomic E-state index is 14.7. The summed E-state index contributed by atoms with van der Waals surface area (Å²) in [5.41, 5.74) is 5.90. The third-order valence-corrected chi connectivity index (χ3v) is 8.33. The predicted molar refractivity (Wildman–Crippen MR) is 175 cm³/mol. The second-order valence-corrected chi connectivity index (χ2v) is 11.9. The average molecular weight is 620 g/mol. The molecule has 0 unspecified atom stereocenters. The molecule has 1 amide bonds. The molecule has 5 heterocycles. The number of amides is 1. The fourth-order valence-corrected chi connectivity index (χ4v) is 5.92. The number of carbonyl (C=O) groups excluding carboxylic acids is 1. The topological polar surface area (TPSA) is 138 Å². The highest BCUT2D eigenvalue weighted by Gasteiger charge is 2.22. The van der Waals surface area contributed by atoms with Crippen LogP contribution < -0.4 is 10.1 Å². The van der Waals surface area contributed by atoms with E-state index in [1.54, 1.807) is 24.8 Å². The van der Waals surface area contributed by atoms with Crippen LogP contribution in [0.2, 0.25) is 0 Å². The first-order chi connectivity index (χ1) is 22.4. The molecule has 0 radical (unpaired) electrons. The van der Waals surface area contributed by atoms with Gasteiger partial charge in [-0.2, -0.15) is 5.10 Å². The summed E-state index contributed by atoms with van der Waals surface area (Å²) in [7, 11) is 3.91. The highest BCUT2D eigenvalue weighted by Crippen LogP contribution is 2.34. The van der Waals surface area contributed by atoms with Crippen LogP contribution in [0.1, 0.15) is 32.1 Å². The Kier molecular flexibility index (Phi) is 8.10. The maximum Gasteiger partial charge on any atom is 0.227 e. The number of hydrogen-bond donors (Lipinski definition) is 3. The Hall–Kier alpha value is -5.23. The smallest absolute Gasteiger partial charge is 0.227 e. The van der Waals surface area contributed by atoms with Crippen LogP contribution >= 0.6 is 0 Å². The molecule has 1 saturated carbocycles. The number of aromatic amines is 2. The number of benzene rings is 1. The van der Waals surface area contributed by atoms with Crippen LogP contribution in [-0.4, -0.2) is 73.2 Å². The fraction of sp³-hybridized carbons (Fsp3) is 0.294. The van der Waals surface area contributed by atoms with Gasteiger partial charge in [0, 0.05) is 47.4 Å². The van der Waals surface area contributed by atoms with Crippen LogP contribution in [-0.2, 0) is 4.79 Å². The molecule has 0 saturated heterocycles. The second kappa shape index (κ2) is 12.6. The molecule has 1 aliphatic carbocycles. The first-order valence-corrected chi connectivity index (χ1v) is 15.5. The van der Waals surface area contributed by atoms with Crippen LogP contribution in [0.4, 0.5) is 10.1 Å². The van der Waals surface area contributed by atoms with Gasteiger partial charge in [0.25, 0.3) is 0 Å². The van der Waals surface area contributed by atoms with E-state index < -0.39 is 5.82 Å². The molecular weight excluding hydrogens is 585 g/mol. The lowest BCUT2D eigenvalue weighted by Crippen LogP contribution is -2.24. The number of nitrogens with one attached hydrogen (secondary N) is 3. The number of rotatable bonds is 9. The van der Waals surface area contributed by atoms with Crippen molar-refractivity contribution in [3.8, 4) is 39.7 Å². The van der Waals surface area contributed by atoms with E-state index in [9.17, 15) is 9.18 Å². The highest BCUT2D eigenvalue weighted by molar-refractivity contribution is 5.97. The van der Waals surface area contributed by atoms with E-state index in [1.807, 2.05) is 43.3 Å². The van der Waals surface area contributed by atoms with Crippen LogP contribution in [0, 0.1) is 11.7 Å². The minimum atomic E-state index is -0.396. The van der Waals surface area contributed by atoms with E-state index in [2.05, 4.69) is 35.5 Å².